The smallest absolute Gasteiger partial charge is 0.231 e. The van der Waals surface area contributed by atoms with Crippen molar-refractivity contribution in [2.75, 3.05) is 10.6 Å². The molecule has 1 aromatic carbocycles. The third kappa shape index (κ3) is 5.04. The van der Waals surface area contributed by atoms with Crippen LogP contribution in [0.4, 0.5) is 25.8 Å². The summed E-state index contributed by atoms with van der Waals surface area (Å²) >= 11 is 12.5. The van der Waals surface area contributed by atoms with Gasteiger partial charge in [0, 0.05) is 23.5 Å². The van der Waals surface area contributed by atoms with Crippen molar-refractivity contribution < 1.29 is 10.2 Å². The highest BCUT2D eigenvalue weighted by atomic mass is 35.5. The van der Waals surface area contributed by atoms with Crippen LogP contribution in [0, 0.1) is 23.2 Å². The number of anilines is 3. The van der Waals surface area contributed by atoms with E-state index in [1.165, 1.54) is 30.7 Å². The third-order valence-corrected chi connectivity index (χ3v) is 6.64. The molecule has 2 N–H and O–H groups in total. The molecule has 0 unspecified atom stereocenters. The molecule has 4 aromatic heterocycles. The zero-order valence-corrected chi connectivity index (χ0v) is 21.3. The van der Waals surface area contributed by atoms with Gasteiger partial charge in [0.25, 0.3) is 0 Å². The monoisotopic (exact) mass is 564 g/mol. The Kier molecular flexibility index (Phi) is 6.11. The van der Waals surface area contributed by atoms with E-state index >= 15 is 0 Å². The number of nitrogens with one attached hydrogen (secondary N) is 2. The summed E-state index contributed by atoms with van der Waals surface area (Å²) < 4.78 is 38.5. The van der Waals surface area contributed by atoms with E-state index < -0.39 is 17.9 Å². The van der Waals surface area contributed by atoms with Crippen molar-refractivity contribution in [3.63, 3.8) is 0 Å². The Morgan fingerprint density at radius 1 is 1.05 bits per heavy atom. The standard InChI is InChI=1S/C26H17Cl2F2N9/c27-19-6-15(35-24(13-1-4-22(29)32-9-13)21-12-39(38-37-21)17-2-3-17)5-18-23(14(8-31)10-33-25(18)19)36-16-7-20(28)26(30)34-11-16/h1,4-7,9-12,17,24,35H,2-3H2,(H,33,36)/t24-/m1/s1/i24D. The van der Waals surface area contributed by atoms with Gasteiger partial charge in [-0.1, -0.05) is 34.5 Å². The van der Waals surface area contributed by atoms with Gasteiger partial charge in [-0.2, -0.15) is 14.0 Å². The first-order chi connectivity index (χ1) is 19.2. The number of hydrogen-bond acceptors (Lipinski definition) is 8. The lowest BCUT2D eigenvalue weighted by atomic mass is 10.0. The molecule has 9 nitrogen and oxygen atoms in total. The molecule has 6 rings (SSSR count). The first-order valence-corrected chi connectivity index (χ1v) is 12.4. The predicted molar refractivity (Wildman–Crippen MR) is 142 cm³/mol. The minimum atomic E-state index is -1.74. The number of fused-ring (bicyclic) bond motifs is 1. The first-order valence-electron chi connectivity index (χ1n) is 12.2. The Morgan fingerprint density at radius 3 is 2.59 bits per heavy atom. The summed E-state index contributed by atoms with van der Waals surface area (Å²) in [5, 5.41) is 24.9. The maximum atomic E-state index is 13.7. The quantitative estimate of drug-likeness (QED) is 0.219. The number of nitrogens with zero attached hydrogens (tertiary/aromatic N) is 7. The fourth-order valence-corrected chi connectivity index (χ4v) is 4.48. The largest absolute Gasteiger partial charge is 0.373 e. The van der Waals surface area contributed by atoms with E-state index in [9.17, 15) is 15.4 Å². The molecule has 1 fully saturated rings. The molecular formula is C26H17Cl2F2N9. The van der Waals surface area contributed by atoms with Gasteiger partial charge in [-0.15, -0.1) is 5.10 Å². The van der Waals surface area contributed by atoms with Gasteiger partial charge < -0.3 is 10.6 Å². The van der Waals surface area contributed by atoms with Crippen molar-refractivity contribution in [2.45, 2.75) is 24.9 Å². The van der Waals surface area contributed by atoms with Gasteiger partial charge in [-0.05, 0) is 42.7 Å². The number of halogens is 4. The van der Waals surface area contributed by atoms with Crippen LogP contribution in [0.5, 0.6) is 0 Å². The lowest BCUT2D eigenvalue weighted by Crippen LogP contribution is -2.14. The first kappa shape index (κ1) is 23.7. The van der Waals surface area contributed by atoms with E-state index in [1.54, 1.807) is 23.0 Å². The molecule has 0 amide bonds. The SMILES string of the molecule is [2H][C@@](Nc1cc(Cl)c2ncc(C#N)c(Nc3cnc(F)c(Cl)c3)c2c1)(c1ccc(F)nc1)c1cn(C2CC2)nn1. The van der Waals surface area contributed by atoms with Gasteiger partial charge in [0.2, 0.25) is 11.9 Å². The highest BCUT2D eigenvalue weighted by molar-refractivity contribution is 6.36. The molecule has 0 spiro atoms. The summed E-state index contributed by atoms with van der Waals surface area (Å²) in [5.74, 6) is -1.52. The van der Waals surface area contributed by atoms with Crippen molar-refractivity contribution in [2.24, 2.45) is 0 Å². The van der Waals surface area contributed by atoms with E-state index in [2.05, 4.69) is 42.0 Å². The summed E-state index contributed by atoms with van der Waals surface area (Å²) in [5.41, 5.74) is 2.13. The Balaban J connectivity index is 1.47. The van der Waals surface area contributed by atoms with Crippen LogP contribution >= 0.6 is 23.2 Å². The lowest BCUT2D eigenvalue weighted by Gasteiger charge is -2.20. The third-order valence-electron chi connectivity index (χ3n) is 6.08. The van der Waals surface area contributed by atoms with Gasteiger partial charge in [0.1, 0.15) is 11.8 Å². The van der Waals surface area contributed by atoms with Crippen molar-refractivity contribution >= 4 is 51.2 Å². The number of rotatable bonds is 7. The van der Waals surface area contributed by atoms with E-state index in [-0.39, 0.29) is 27.3 Å². The molecule has 0 bridgehead atoms. The van der Waals surface area contributed by atoms with Crippen LogP contribution in [0.25, 0.3) is 10.9 Å². The summed E-state index contributed by atoms with van der Waals surface area (Å²) in [6, 6.07) is 7.73. The van der Waals surface area contributed by atoms with Crippen molar-refractivity contribution in [1.82, 2.24) is 29.9 Å². The second kappa shape index (κ2) is 10.1. The average molecular weight is 565 g/mol. The van der Waals surface area contributed by atoms with Crippen LogP contribution in [-0.2, 0) is 0 Å². The Morgan fingerprint density at radius 2 is 1.87 bits per heavy atom. The average Bonchev–Trinajstić information content (AvgIpc) is 3.67. The predicted octanol–water partition coefficient (Wildman–Crippen LogP) is 6.35. The molecule has 194 valence electrons. The second-order valence-electron chi connectivity index (χ2n) is 8.82. The number of pyridine rings is 3. The van der Waals surface area contributed by atoms with Gasteiger partial charge in [0.05, 0.1) is 58.3 Å². The maximum Gasteiger partial charge on any atom is 0.231 e. The molecule has 1 aliphatic carbocycles. The van der Waals surface area contributed by atoms with Gasteiger partial charge in [0.15, 0.2) is 0 Å². The zero-order valence-electron chi connectivity index (χ0n) is 20.8. The van der Waals surface area contributed by atoms with Crippen LogP contribution < -0.4 is 10.6 Å². The van der Waals surface area contributed by atoms with Crippen molar-refractivity contribution in [3.05, 3.63) is 93.9 Å². The Hall–Kier alpha value is -4.40. The van der Waals surface area contributed by atoms with Crippen LogP contribution in [-0.4, -0.2) is 29.9 Å². The van der Waals surface area contributed by atoms with E-state index in [0.29, 0.717) is 33.5 Å². The van der Waals surface area contributed by atoms with Gasteiger partial charge >= 0.3 is 0 Å². The molecule has 4 heterocycles. The molecule has 0 aliphatic heterocycles. The highest BCUT2D eigenvalue weighted by Gasteiger charge is 2.27. The Labute approximate surface area is 231 Å². The lowest BCUT2D eigenvalue weighted by molar-refractivity contribution is 0.581. The van der Waals surface area contributed by atoms with Crippen LogP contribution in [0.1, 0.15) is 43.1 Å². The summed E-state index contributed by atoms with van der Waals surface area (Å²) in [6.07, 6.45) is 7.46. The number of aromatic nitrogens is 6. The number of nitriles is 1. The van der Waals surface area contributed by atoms with Crippen molar-refractivity contribution in [1.29, 1.82) is 5.26 Å². The summed E-state index contributed by atoms with van der Waals surface area (Å²) in [6.45, 7) is 0. The normalized spacial score (nSPS) is 14.9. The summed E-state index contributed by atoms with van der Waals surface area (Å²) in [4.78, 5) is 11.7. The fourth-order valence-electron chi connectivity index (χ4n) is 4.05. The zero-order chi connectivity index (χ0) is 28.0. The topological polar surface area (TPSA) is 117 Å². The molecule has 5 aromatic rings. The van der Waals surface area contributed by atoms with Crippen molar-refractivity contribution in [3.8, 4) is 6.07 Å². The highest BCUT2D eigenvalue weighted by Crippen LogP contribution is 2.38. The number of benzene rings is 1. The second-order valence-corrected chi connectivity index (χ2v) is 9.63. The van der Waals surface area contributed by atoms with Crippen LogP contribution in [0.2, 0.25) is 10.0 Å². The van der Waals surface area contributed by atoms with E-state index in [0.717, 1.165) is 18.9 Å². The number of hydrogen-bond donors (Lipinski definition) is 2. The summed E-state index contributed by atoms with van der Waals surface area (Å²) in [7, 11) is 0. The van der Waals surface area contributed by atoms with Gasteiger partial charge in [-0.25, -0.2) is 14.6 Å². The molecule has 0 saturated heterocycles. The fraction of sp³-hybridized carbons (Fsp3) is 0.154. The van der Waals surface area contributed by atoms with E-state index in [1.807, 2.05) is 0 Å². The molecule has 13 heteroatoms. The molecular weight excluding hydrogens is 547 g/mol. The Bertz CT molecular complexity index is 1810. The molecule has 1 aliphatic rings. The maximum absolute atomic E-state index is 13.7. The van der Waals surface area contributed by atoms with E-state index in [4.69, 9.17) is 23.2 Å². The molecule has 1 atom stereocenters. The molecule has 1 saturated carbocycles. The van der Waals surface area contributed by atoms with Gasteiger partial charge in [-0.3, -0.25) is 4.98 Å². The molecule has 0 radical (unpaired) electrons. The minimum Gasteiger partial charge on any atom is -0.373 e. The van der Waals surface area contributed by atoms with Crippen LogP contribution in [0.15, 0.2) is 55.1 Å². The molecule has 39 heavy (non-hydrogen) atoms. The minimum absolute atomic E-state index is 0.174. The van der Waals surface area contributed by atoms with Crippen LogP contribution in [0.3, 0.4) is 0 Å².